The Kier molecular flexibility index (Phi) is 5.69. The predicted molar refractivity (Wildman–Crippen MR) is 98.7 cm³/mol. The van der Waals surface area contributed by atoms with Crippen LogP contribution >= 0.6 is 0 Å². The molecule has 1 aliphatic heterocycles. The maximum absolute atomic E-state index is 12.9. The van der Waals surface area contributed by atoms with E-state index in [4.69, 9.17) is 10.5 Å². The van der Waals surface area contributed by atoms with Crippen molar-refractivity contribution in [3.63, 3.8) is 0 Å². The second-order valence-corrected chi connectivity index (χ2v) is 8.17. The van der Waals surface area contributed by atoms with Gasteiger partial charge in [-0.1, -0.05) is 13.8 Å². The fraction of sp³-hybridized carbons (Fsp3) is 0.789. The maximum Gasteiger partial charge on any atom is 0.272 e. The predicted octanol–water partition coefficient (Wildman–Crippen LogP) is 0.950. The van der Waals surface area contributed by atoms with E-state index in [-0.39, 0.29) is 23.5 Å². The molecule has 1 spiro atoms. The van der Waals surface area contributed by atoms with E-state index in [0.29, 0.717) is 44.3 Å². The monoisotopic (exact) mass is 364 g/mol. The summed E-state index contributed by atoms with van der Waals surface area (Å²) in [5.41, 5.74) is 6.93. The highest BCUT2D eigenvalue weighted by Gasteiger charge is 2.56. The van der Waals surface area contributed by atoms with Crippen LogP contribution in [0.2, 0.25) is 0 Å². The number of hydrogen-bond donors (Lipinski definition) is 2. The Hall–Kier alpha value is -1.44. The zero-order valence-electron chi connectivity index (χ0n) is 16.1. The molecule has 2 atom stereocenters. The fourth-order valence-corrected chi connectivity index (χ4v) is 4.36. The molecule has 1 saturated heterocycles. The SMILES string of the molecule is CC(C)Cc1cc(C(=O)N2CCC3(CC2)[C@@H](O)C[C@H]3OCCN)n(C)n1. The van der Waals surface area contributed by atoms with Crippen LogP contribution in [0.25, 0.3) is 0 Å². The quantitative estimate of drug-likeness (QED) is 0.784. The molecule has 0 unspecified atom stereocenters. The van der Waals surface area contributed by atoms with Crippen LogP contribution in [0.4, 0.5) is 0 Å². The number of aryl methyl sites for hydroxylation is 1. The second kappa shape index (κ2) is 7.66. The van der Waals surface area contributed by atoms with E-state index in [1.54, 1.807) is 4.68 Å². The number of aliphatic hydroxyl groups is 1. The molecule has 26 heavy (non-hydrogen) atoms. The van der Waals surface area contributed by atoms with E-state index in [2.05, 4.69) is 18.9 Å². The number of nitrogens with zero attached hydrogens (tertiary/aromatic N) is 3. The van der Waals surface area contributed by atoms with Crippen LogP contribution < -0.4 is 5.73 Å². The average molecular weight is 364 g/mol. The third-order valence-electron chi connectivity index (χ3n) is 5.93. The highest BCUT2D eigenvalue weighted by atomic mass is 16.5. The first kappa shape index (κ1) is 19.3. The normalized spacial score (nSPS) is 24.9. The van der Waals surface area contributed by atoms with Crippen molar-refractivity contribution < 1.29 is 14.6 Å². The Morgan fingerprint density at radius 3 is 2.73 bits per heavy atom. The van der Waals surface area contributed by atoms with Gasteiger partial charge in [0.05, 0.1) is 24.5 Å². The molecule has 0 bridgehead atoms. The van der Waals surface area contributed by atoms with Crippen LogP contribution in [0.3, 0.4) is 0 Å². The van der Waals surface area contributed by atoms with Crippen molar-refractivity contribution in [1.82, 2.24) is 14.7 Å². The van der Waals surface area contributed by atoms with Gasteiger partial charge in [-0.25, -0.2) is 0 Å². The highest BCUT2D eigenvalue weighted by molar-refractivity contribution is 5.92. The molecule has 1 aliphatic carbocycles. The van der Waals surface area contributed by atoms with Crippen molar-refractivity contribution in [2.24, 2.45) is 24.1 Å². The van der Waals surface area contributed by atoms with Gasteiger partial charge in [0.2, 0.25) is 0 Å². The van der Waals surface area contributed by atoms with E-state index in [1.807, 2.05) is 18.0 Å². The average Bonchev–Trinajstić information content (AvgIpc) is 2.97. The molecule has 2 heterocycles. The summed E-state index contributed by atoms with van der Waals surface area (Å²) in [5.74, 6) is 0.534. The van der Waals surface area contributed by atoms with Gasteiger partial charge in [0, 0.05) is 38.5 Å². The van der Waals surface area contributed by atoms with Crippen molar-refractivity contribution in [2.45, 2.75) is 51.7 Å². The fourth-order valence-electron chi connectivity index (χ4n) is 4.36. The number of nitrogens with two attached hydrogens (primary N) is 1. The summed E-state index contributed by atoms with van der Waals surface area (Å²) in [7, 11) is 1.83. The Morgan fingerprint density at radius 1 is 1.46 bits per heavy atom. The lowest BCUT2D eigenvalue weighted by atomic mass is 9.58. The second-order valence-electron chi connectivity index (χ2n) is 8.17. The van der Waals surface area contributed by atoms with Crippen LogP contribution in [0.1, 0.15) is 49.3 Å². The number of hydrogen-bond acceptors (Lipinski definition) is 5. The van der Waals surface area contributed by atoms with Crippen molar-refractivity contribution in [1.29, 1.82) is 0 Å². The van der Waals surface area contributed by atoms with Gasteiger partial charge in [0.1, 0.15) is 5.69 Å². The maximum atomic E-state index is 12.9. The first-order valence-corrected chi connectivity index (χ1v) is 9.69. The molecule has 2 fully saturated rings. The van der Waals surface area contributed by atoms with Gasteiger partial charge >= 0.3 is 0 Å². The Balaban J connectivity index is 1.63. The minimum absolute atomic E-state index is 0.0260. The summed E-state index contributed by atoms with van der Waals surface area (Å²) in [6, 6.07) is 1.91. The standard InChI is InChI=1S/C19H32N4O3/c1-13(2)10-14-11-15(22(3)21-14)18(25)23-7-4-19(5-8-23)16(24)12-17(19)26-9-6-20/h11,13,16-17,24H,4-10,12,20H2,1-3H3/t16-,17+/m0/s1. The van der Waals surface area contributed by atoms with E-state index >= 15 is 0 Å². The number of likely N-dealkylation sites (tertiary alicyclic amines) is 1. The number of piperidine rings is 1. The molecule has 1 aromatic heterocycles. The van der Waals surface area contributed by atoms with Crippen molar-refractivity contribution in [3.05, 3.63) is 17.5 Å². The van der Waals surface area contributed by atoms with Crippen LogP contribution in [0, 0.1) is 11.3 Å². The van der Waals surface area contributed by atoms with Crippen LogP contribution in [0.15, 0.2) is 6.07 Å². The van der Waals surface area contributed by atoms with E-state index in [1.165, 1.54) is 0 Å². The molecule has 3 rings (SSSR count). The third-order valence-corrected chi connectivity index (χ3v) is 5.93. The van der Waals surface area contributed by atoms with Gasteiger partial charge in [0.25, 0.3) is 5.91 Å². The van der Waals surface area contributed by atoms with Gasteiger partial charge < -0.3 is 20.5 Å². The molecule has 146 valence electrons. The minimum atomic E-state index is -0.336. The third kappa shape index (κ3) is 3.52. The highest BCUT2D eigenvalue weighted by Crippen LogP contribution is 2.51. The molecule has 7 nitrogen and oxygen atoms in total. The first-order valence-electron chi connectivity index (χ1n) is 9.69. The van der Waals surface area contributed by atoms with Gasteiger partial charge in [-0.15, -0.1) is 0 Å². The Bertz CT molecular complexity index is 635. The van der Waals surface area contributed by atoms with Crippen molar-refractivity contribution in [3.8, 4) is 0 Å². The van der Waals surface area contributed by atoms with Crippen molar-refractivity contribution >= 4 is 5.91 Å². The molecule has 1 aromatic rings. The van der Waals surface area contributed by atoms with Crippen LogP contribution in [-0.2, 0) is 18.2 Å². The summed E-state index contributed by atoms with van der Waals surface area (Å²) >= 11 is 0. The number of carbonyl (C=O) groups excluding carboxylic acids is 1. The summed E-state index contributed by atoms with van der Waals surface area (Å²) < 4.78 is 7.52. The number of aromatic nitrogens is 2. The molecule has 0 aromatic carbocycles. The molecule has 0 radical (unpaired) electrons. The van der Waals surface area contributed by atoms with Gasteiger partial charge in [-0.2, -0.15) is 5.10 Å². The van der Waals surface area contributed by atoms with Crippen molar-refractivity contribution in [2.75, 3.05) is 26.2 Å². The molecule has 7 heteroatoms. The smallest absolute Gasteiger partial charge is 0.272 e. The summed E-state index contributed by atoms with van der Waals surface area (Å²) in [4.78, 5) is 14.8. The number of amides is 1. The molecular weight excluding hydrogens is 332 g/mol. The summed E-state index contributed by atoms with van der Waals surface area (Å²) in [6.45, 7) is 6.59. The topological polar surface area (TPSA) is 93.6 Å². The zero-order chi connectivity index (χ0) is 18.9. The van der Waals surface area contributed by atoms with E-state index in [0.717, 1.165) is 25.0 Å². The molecule has 1 amide bonds. The lowest BCUT2D eigenvalue weighted by molar-refractivity contribution is -0.208. The zero-order valence-corrected chi connectivity index (χ0v) is 16.1. The van der Waals surface area contributed by atoms with Gasteiger partial charge in [-0.3, -0.25) is 9.48 Å². The minimum Gasteiger partial charge on any atom is -0.392 e. The summed E-state index contributed by atoms with van der Waals surface area (Å²) in [6.07, 6.45) is 2.81. The molecule has 2 aliphatic rings. The summed E-state index contributed by atoms with van der Waals surface area (Å²) in [5, 5.41) is 14.8. The van der Waals surface area contributed by atoms with Gasteiger partial charge in [0.15, 0.2) is 0 Å². The molecule has 1 saturated carbocycles. The Morgan fingerprint density at radius 2 is 2.15 bits per heavy atom. The van der Waals surface area contributed by atoms with E-state index < -0.39 is 0 Å². The van der Waals surface area contributed by atoms with E-state index in [9.17, 15) is 9.90 Å². The number of aliphatic hydroxyl groups excluding tert-OH is 1. The number of carbonyl (C=O) groups is 1. The number of ether oxygens (including phenoxy) is 1. The molecular formula is C19H32N4O3. The van der Waals surface area contributed by atoms with Crippen LogP contribution in [-0.4, -0.2) is 64.1 Å². The largest absolute Gasteiger partial charge is 0.392 e. The first-order chi connectivity index (χ1) is 12.4. The van der Waals surface area contributed by atoms with Crippen LogP contribution in [0.5, 0.6) is 0 Å². The lowest BCUT2D eigenvalue weighted by Crippen LogP contribution is -2.63. The van der Waals surface area contributed by atoms with Gasteiger partial charge in [-0.05, 0) is 31.2 Å². The number of rotatable bonds is 6. The molecule has 3 N–H and O–H groups in total. The Labute approximate surface area is 155 Å². The lowest BCUT2D eigenvalue weighted by Gasteiger charge is -2.56.